The summed E-state index contributed by atoms with van der Waals surface area (Å²) in [7, 11) is 0. The van der Waals surface area contributed by atoms with Crippen LogP contribution in [-0.2, 0) is 0 Å². The number of benzene rings is 4. The molecule has 38 heavy (non-hydrogen) atoms. The van der Waals surface area contributed by atoms with E-state index in [1.165, 1.54) is 11.1 Å². The lowest BCUT2D eigenvalue weighted by Crippen LogP contribution is -2.50. The Morgan fingerprint density at radius 2 is 1.34 bits per heavy atom. The number of nitrogens with zero attached hydrogens (tertiary/aromatic N) is 2. The molecule has 1 fully saturated rings. The number of para-hydroxylation sites is 1. The van der Waals surface area contributed by atoms with Crippen LogP contribution in [0.2, 0.25) is 0 Å². The maximum absolute atomic E-state index is 13.6. The fourth-order valence-electron chi connectivity index (χ4n) is 4.95. The maximum atomic E-state index is 13.6. The highest BCUT2D eigenvalue weighted by Gasteiger charge is 2.29. The van der Waals surface area contributed by atoms with E-state index in [1.54, 1.807) is 12.1 Å². The highest BCUT2D eigenvalue weighted by molar-refractivity contribution is 14.1. The minimum atomic E-state index is -0.221. The van der Waals surface area contributed by atoms with Crippen molar-refractivity contribution in [3.8, 4) is 0 Å². The first-order chi connectivity index (χ1) is 18.5. The zero-order valence-corrected chi connectivity index (χ0v) is 23.5. The maximum Gasteiger partial charge on any atom is 0.256 e. The predicted molar refractivity (Wildman–Crippen MR) is 160 cm³/mol. The Labute approximate surface area is 237 Å². The number of hydrogen-bond donors (Lipinski definition) is 1. The molecule has 0 spiro atoms. The lowest BCUT2D eigenvalue weighted by atomic mass is 9.96. The summed E-state index contributed by atoms with van der Waals surface area (Å²) in [5, 5.41) is 2.96. The van der Waals surface area contributed by atoms with Gasteiger partial charge in [-0.2, -0.15) is 0 Å². The molecule has 4 aromatic rings. The third-order valence-electron chi connectivity index (χ3n) is 7.04. The highest BCUT2D eigenvalue weighted by Crippen LogP contribution is 2.30. The molecule has 0 aromatic heterocycles. The Morgan fingerprint density at radius 3 is 1.95 bits per heavy atom. The third kappa shape index (κ3) is 5.81. The summed E-state index contributed by atoms with van der Waals surface area (Å²) < 4.78 is 1.03. The number of nitrogens with one attached hydrogen (secondary N) is 1. The molecule has 5 rings (SSSR count). The van der Waals surface area contributed by atoms with Crippen molar-refractivity contribution in [3.63, 3.8) is 0 Å². The van der Waals surface area contributed by atoms with E-state index >= 15 is 0 Å². The van der Waals surface area contributed by atoms with Gasteiger partial charge in [-0.15, -0.1) is 0 Å². The Kier molecular flexibility index (Phi) is 8.20. The van der Waals surface area contributed by atoms with Crippen LogP contribution < -0.4 is 5.32 Å². The number of hydrogen-bond acceptors (Lipinski definition) is 3. The Morgan fingerprint density at radius 1 is 0.763 bits per heavy atom. The van der Waals surface area contributed by atoms with Crippen LogP contribution in [0.15, 0.2) is 103 Å². The van der Waals surface area contributed by atoms with E-state index in [-0.39, 0.29) is 17.9 Å². The third-order valence-corrected chi connectivity index (χ3v) is 8.20. The second-order valence-electron chi connectivity index (χ2n) is 9.52. The molecule has 192 valence electrons. The van der Waals surface area contributed by atoms with Crippen molar-refractivity contribution in [2.24, 2.45) is 0 Å². The molecule has 1 aliphatic heterocycles. The molecule has 5 nitrogen and oxygen atoms in total. The second-order valence-corrected chi connectivity index (χ2v) is 10.7. The van der Waals surface area contributed by atoms with Crippen molar-refractivity contribution in [1.29, 1.82) is 0 Å². The van der Waals surface area contributed by atoms with Crippen LogP contribution in [0.4, 0.5) is 5.69 Å². The van der Waals surface area contributed by atoms with Gasteiger partial charge in [-0.3, -0.25) is 14.5 Å². The number of rotatable bonds is 6. The minimum Gasteiger partial charge on any atom is -0.336 e. The molecular weight excluding hydrogens is 585 g/mol. The average molecular weight is 616 g/mol. The van der Waals surface area contributed by atoms with E-state index in [1.807, 2.05) is 54.3 Å². The molecule has 0 bridgehead atoms. The van der Waals surface area contributed by atoms with E-state index in [0.29, 0.717) is 29.9 Å². The van der Waals surface area contributed by atoms with Crippen LogP contribution in [0.3, 0.4) is 0 Å². The molecule has 1 heterocycles. The van der Waals surface area contributed by atoms with Gasteiger partial charge in [0, 0.05) is 35.3 Å². The van der Waals surface area contributed by atoms with Crippen LogP contribution >= 0.6 is 22.6 Å². The topological polar surface area (TPSA) is 52.7 Å². The monoisotopic (exact) mass is 615 g/mol. The van der Waals surface area contributed by atoms with Gasteiger partial charge < -0.3 is 10.2 Å². The van der Waals surface area contributed by atoms with Crippen molar-refractivity contribution >= 4 is 40.1 Å². The average Bonchev–Trinajstić information content (AvgIpc) is 2.96. The SMILES string of the molecule is Cc1ccc(C(=O)Nc2ccccc2C(=O)N2CCN(C(c3ccccc3)c3ccccc3)CC2)cc1I. The lowest BCUT2D eigenvalue weighted by Gasteiger charge is -2.40. The van der Waals surface area contributed by atoms with Gasteiger partial charge >= 0.3 is 0 Å². The number of piperazine rings is 1. The van der Waals surface area contributed by atoms with E-state index in [9.17, 15) is 9.59 Å². The van der Waals surface area contributed by atoms with Crippen LogP contribution in [0, 0.1) is 10.5 Å². The summed E-state index contributed by atoms with van der Waals surface area (Å²) in [6, 6.07) is 34.1. The van der Waals surface area contributed by atoms with Gasteiger partial charge in [-0.1, -0.05) is 78.9 Å². The summed E-state index contributed by atoms with van der Waals surface area (Å²) in [4.78, 5) is 30.9. The quantitative estimate of drug-likeness (QED) is 0.256. The number of amides is 2. The molecule has 1 N–H and O–H groups in total. The summed E-state index contributed by atoms with van der Waals surface area (Å²) in [5.74, 6) is -0.281. The normalized spacial score (nSPS) is 13.9. The number of carbonyl (C=O) groups is 2. The Hall–Kier alpha value is -3.49. The molecule has 4 aromatic carbocycles. The number of anilines is 1. The number of aryl methyl sites for hydroxylation is 1. The lowest BCUT2D eigenvalue weighted by molar-refractivity contribution is 0.0598. The van der Waals surface area contributed by atoms with Gasteiger partial charge in [0.2, 0.25) is 0 Å². The molecule has 6 heteroatoms. The predicted octanol–water partition coefficient (Wildman–Crippen LogP) is 6.40. The van der Waals surface area contributed by atoms with E-state index in [2.05, 4.69) is 81.3 Å². The van der Waals surface area contributed by atoms with Gasteiger partial charge in [0.25, 0.3) is 11.8 Å². The van der Waals surface area contributed by atoms with Crippen molar-refractivity contribution in [2.45, 2.75) is 13.0 Å². The molecule has 1 saturated heterocycles. The molecule has 0 atom stereocenters. The van der Waals surface area contributed by atoms with Gasteiger partial charge in [-0.05, 0) is 70.5 Å². The molecular formula is C32H30IN3O2. The molecule has 0 aliphatic carbocycles. The van der Waals surface area contributed by atoms with Crippen molar-refractivity contribution in [1.82, 2.24) is 9.80 Å². The summed E-state index contributed by atoms with van der Waals surface area (Å²) in [6.45, 7) is 4.77. The van der Waals surface area contributed by atoms with Gasteiger partial charge in [0.05, 0.1) is 17.3 Å². The second kappa shape index (κ2) is 11.9. The number of carbonyl (C=O) groups excluding carboxylic acids is 2. The van der Waals surface area contributed by atoms with E-state index in [0.717, 1.165) is 22.2 Å². The Bertz CT molecular complexity index is 1380. The van der Waals surface area contributed by atoms with E-state index in [4.69, 9.17) is 0 Å². The fourth-order valence-corrected chi connectivity index (χ4v) is 5.46. The first-order valence-corrected chi connectivity index (χ1v) is 13.9. The summed E-state index contributed by atoms with van der Waals surface area (Å²) in [6.07, 6.45) is 0. The first-order valence-electron chi connectivity index (χ1n) is 12.8. The van der Waals surface area contributed by atoms with Crippen molar-refractivity contribution < 1.29 is 9.59 Å². The zero-order chi connectivity index (χ0) is 26.5. The summed E-state index contributed by atoms with van der Waals surface area (Å²) in [5.41, 5.74) is 5.24. The zero-order valence-electron chi connectivity index (χ0n) is 21.3. The molecule has 0 saturated carbocycles. The van der Waals surface area contributed by atoms with Crippen molar-refractivity contribution in [2.75, 3.05) is 31.5 Å². The van der Waals surface area contributed by atoms with Crippen LogP contribution in [0.1, 0.15) is 43.4 Å². The smallest absolute Gasteiger partial charge is 0.256 e. The molecule has 0 unspecified atom stereocenters. The van der Waals surface area contributed by atoms with E-state index < -0.39 is 0 Å². The largest absolute Gasteiger partial charge is 0.336 e. The first kappa shape index (κ1) is 26.1. The van der Waals surface area contributed by atoms with Gasteiger partial charge in [0.1, 0.15) is 0 Å². The molecule has 2 amide bonds. The number of halogens is 1. The van der Waals surface area contributed by atoms with Gasteiger partial charge in [0.15, 0.2) is 0 Å². The van der Waals surface area contributed by atoms with Crippen LogP contribution in [-0.4, -0.2) is 47.8 Å². The van der Waals surface area contributed by atoms with Crippen molar-refractivity contribution in [3.05, 3.63) is 135 Å². The molecule has 0 radical (unpaired) electrons. The van der Waals surface area contributed by atoms with Crippen LogP contribution in [0.5, 0.6) is 0 Å². The fraction of sp³-hybridized carbons (Fsp3) is 0.188. The highest BCUT2D eigenvalue weighted by atomic mass is 127. The van der Waals surface area contributed by atoms with Crippen LogP contribution in [0.25, 0.3) is 0 Å². The molecule has 1 aliphatic rings. The minimum absolute atomic E-state index is 0.0602. The summed E-state index contributed by atoms with van der Waals surface area (Å²) >= 11 is 2.23. The standard InChI is InChI=1S/C32H30IN3O2/c1-23-16-17-26(22-28(23)33)31(37)34-29-15-9-8-14-27(29)32(38)36-20-18-35(19-21-36)30(24-10-4-2-5-11-24)25-12-6-3-7-13-25/h2-17,22,30H,18-21H2,1H3,(H,34,37). The Balaban J connectivity index is 1.30. The van der Waals surface area contributed by atoms with Gasteiger partial charge in [-0.25, -0.2) is 0 Å².